The standard InChI is InChI=1S/C12H14.CH2O2/c1-3-7-11-9-5-6-10-12(11)8-4-2;2-1-3/h3-6,9-10H,1-2,7-8H2;1H,(H,2,3). The topological polar surface area (TPSA) is 37.3 Å². The number of carboxylic acid groups (broad SMARTS) is 1. The van der Waals surface area contributed by atoms with Gasteiger partial charge in [-0.2, -0.15) is 0 Å². The number of hydrogen-bond acceptors (Lipinski definition) is 1. The molecule has 0 fully saturated rings. The van der Waals surface area contributed by atoms with Gasteiger partial charge in [0.15, 0.2) is 0 Å². The Morgan fingerprint density at radius 2 is 1.40 bits per heavy atom. The van der Waals surface area contributed by atoms with Crippen molar-refractivity contribution in [2.24, 2.45) is 0 Å². The Hall–Kier alpha value is -1.83. The van der Waals surface area contributed by atoms with Gasteiger partial charge < -0.3 is 5.11 Å². The van der Waals surface area contributed by atoms with Crippen LogP contribution < -0.4 is 0 Å². The van der Waals surface area contributed by atoms with E-state index in [1.807, 2.05) is 12.2 Å². The van der Waals surface area contributed by atoms with Crippen LogP contribution in [-0.2, 0) is 17.6 Å². The van der Waals surface area contributed by atoms with Gasteiger partial charge in [-0.05, 0) is 24.0 Å². The van der Waals surface area contributed by atoms with E-state index in [1.54, 1.807) is 0 Å². The molecule has 80 valence electrons. The van der Waals surface area contributed by atoms with Crippen LogP contribution in [0.1, 0.15) is 11.1 Å². The summed E-state index contributed by atoms with van der Waals surface area (Å²) in [5, 5.41) is 6.89. The van der Waals surface area contributed by atoms with Crippen LogP contribution in [0, 0.1) is 0 Å². The fourth-order valence-electron chi connectivity index (χ4n) is 1.27. The predicted molar refractivity (Wildman–Crippen MR) is 62.9 cm³/mol. The van der Waals surface area contributed by atoms with Crippen molar-refractivity contribution in [1.82, 2.24) is 0 Å². The first-order valence-corrected chi connectivity index (χ1v) is 4.66. The maximum Gasteiger partial charge on any atom is 0.290 e. The summed E-state index contributed by atoms with van der Waals surface area (Å²) >= 11 is 0. The summed E-state index contributed by atoms with van der Waals surface area (Å²) < 4.78 is 0. The highest BCUT2D eigenvalue weighted by Crippen LogP contribution is 2.10. The minimum atomic E-state index is -0.250. The molecule has 1 rings (SSSR count). The Bertz CT molecular complexity index is 287. The van der Waals surface area contributed by atoms with Gasteiger partial charge in [-0.15, -0.1) is 13.2 Å². The Morgan fingerprint density at radius 3 is 1.67 bits per heavy atom. The van der Waals surface area contributed by atoms with E-state index in [0.29, 0.717) is 0 Å². The molecule has 0 saturated heterocycles. The van der Waals surface area contributed by atoms with Gasteiger partial charge in [0.25, 0.3) is 6.47 Å². The van der Waals surface area contributed by atoms with Crippen molar-refractivity contribution in [3.05, 3.63) is 60.7 Å². The molecule has 0 heterocycles. The molecule has 0 aliphatic heterocycles. The van der Waals surface area contributed by atoms with E-state index in [2.05, 4.69) is 37.4 Å². The average Bonchev–Trinajstić information content (AvgIpc) is 2.23. The summed E-state index contributed by atoms with van der Waals surface area (Å²) in [7, 11) is 0. The van der Waals surface area contributed by atoms with E-state index in [4.69, 9.17) is 9.90 Å². The minimum absolute atomic E-state index is 0.250. The molecule has 1 aromatic rings. The molecule has 0 aliphatic rings. The molecule has 2 heteroatoms. The summed E-state index contributed by atoms with van der Waals surface area (Å²) in [6, 6.07) is 8.40. The molecule has 0 unspecified atom stereocenters. The number of carbonyl (C=O) groups is 1. The average molecular weight is 204 g/mol. The van der Waals surface area contributed by atoms with Crippen LogP contribution in [-0.4, -0.2) is 11.6 Å². The van der Waals surface area contributed by atoms with Gasteiger partial charge in [0, 0.05) is 0 Å². The van der Waals surface area contributed by atoms with Crippen molar-refractivity contribution in [2.45, 2.75) is 12.8 Å². The molecule has 2 nitrogen and oxygen atoms in total. The number of rotatable bonds is 4. The molecule has 1 N–H and O–H groups in total. The normalized spacial score (nSPS) is 8.27. The Labute approximate surface area is 90.6 Å². The lowest BCUT2D eigenvalue weighted by Crippen LogP contribution is -1.89. The molecule has 1 aromatic carbocycles. The van der Waals surface area contributed by atoms with Gasteiger partial charge >= 0.3 is 0 Å². The van der Waals surface area contributed by atoms with Crippen LogP contribution in [0.3, 0.4) is 0 Å². The number of benzene rings is 1. The molecular weight excluding hydrogens is 188 g/mol. The summed E-state index contributed by atoms with van der Waals surface area (Å²) in [6.07, 6.45) is 5.76. The molecule has 0 bridgehead atoms. The lowest BCUT2D eigenvalue weighted by Gasteiger charge is -2.03. The predicted octanol–water partition coefficient (Wildman–Crippen LogP) is 2.84. The Balaban J connectivity index is 0.000000583. The molecular formula is C13H16O2. The zero-order valence-electron chi connectivity index (χ0n) is 8.73. The second-order valence-electron chi connectivity index (χ2n) is 2.86. The maximum atomic E-state index is 8.36. The van der Waals surface area contributed by atoms with Crippen LogP contribution in [0.15, 0.2) is 49.6 Å². The third-order valence-corrected chi connectivity index (χ3v) is 1.85. The molecule has 0 aliphatic carbocycles. The van der Waals surface area contributed by atoms with Crippen molar-refractivity contribution in [3.8, 4) is 0 Å². The first kappa shape index (κ1) is 13.2. The fraction of sp³-hybridized carbons (Fsp3) is 0.154. The Kier molecular flexibility index (Phi) is 7.69. The third kappa shape index (κ3) is 5.47. The second kappa shape index (κ2) is 8.75. The number of allylic oxidation sites excluding steroid dienone is 2. The van der Waals surface area contributed by atoms with Crippen LogP contribution in [0.5, 0.6) is 0 Å². The van der Waals surface area contributed by atoms with Crippen molar-refractivity contribution < 1.29 is 9.90 Å². The highest BCUT2D eigenvalue weighted by molar-refractivity contribution is 5.32. The minimum Gasteiger partial charge on any atom is -0.483 e. The Morgan fingerprint density at radius 1 is 1.07 bits per heavy atom. The number of hydrogen-bond donors (Lipinski definition) is 1. The van der Waals surface area contributed by atoms with E-state index in [1.165, 1.54) is 11.1 Å². The maximum absolute atomic E-state index is 8.36. The quantitative estimate of drug-likeness (QED) is 0.605. The van der Waals surface area contributed by atoms with Crippen LogP contribution in [0.4, 0.5) is 0 Å². The van der Waals surface area contributed by atoms with Crippen molar-refractivity contribution in [3.63, 3.8) is 0 Å². The van der Waals surface area contributed by atoms with Gasteiger partial charge in [0.05, 0.1) is 0 Å². The first-order valence-electron chi connectivity index (χ1n) is 4.66. The summed E-state index contributed by atoms with van der Waals surface area (Å²) in [6.45, 7) is 7.21. The van der Waals surface area contributed by atoms with Gasteiger partial charge in [-0.3, -0.25) is 4.79 Å². The van der Waals surface area contributed by atoms with E-state index in [0.717, 1.165) is 12.8 Å². The SMILES string of the molecule is C=CCc1ccccc1CC=C.O=CO. The zero-order valence-corrected chi connectivity index (χ0v) is 8.73. The first-order chi connectivity index (χ1) is 7.29. The molecule has 0 amide bonds. The van der Waals surface area contributed by atoms with Gasteiger partial charge in [0.1, 0.15) is 0 Å². The smallest absolute Gasteiger partial charge is 0.290 e. The lowest BCUT2D eigenvalue weighted by atomic mass is 10.0. The molecule has 0 atom stereocenters. The second-order valence-corrected chi connectivity index (χ2v) is 2.86. The molecule has 0 saturated carbocycles. The van der Waals surface area contributed by atoms with Gasteiger partial charge in [-0.1, -0.05) is 36.4 Å². The highest BCUT2D eigenvalue weighted by Gasteiger charge is 1.96. The van der Waals surface area contributed by atoms with Crippen molar-refractivity contribution in [2.75, 3.05) is 0 Å². The fourth-order valence-corrected chi connectivity index (χ4v) is 1.27. The van der Waals surface area contributed by atoms with E-state index in [9.17, 15) is 0 Å². The summed E-state index contributed by atoms with van der Waals surface area (Å²) in [5.74, 6) is 0. The molecule has 0 aromatic heterocycles. The van der Waals surface area contributed by atoms with E-state index >= 15 is 0 Å². The largest absolute Gasteiger partial charge is 0.483 e. The molecule has 15 heavy (non-hydrogen) atoms. The van der Waals surface area contributed by atoms with Gasteiger partial charge in [-0.25, -0.2) is 0 Å². The van der Waals surface area contributed by atoms with Crippen LogP contribution >= 0.6 is 0 Å². The van der Waals surface area contributed by atoms with E-state index < -0.39 is 0 Å². The highest BCUT2D eigenvalue weighted by atomic mass is 16.3. The van der Waals surface area contributed by atoms with Crippen molar-refractivity contribution >= 4 is 6.47 Å². The van der Waals surface area contributed by atoms with Crippen molar-refractivity contribution in [1.29, 1.82) is 0 Å². The van der Waals surface area contributed by atoms with Gasteiger partial charge in [0.2, 0.25) is 0 Å². The van der Waals surface area contributed by atoms with Crippen LogP contribution in [0.25, 0.3) is 0 Å². The lowest BCUT2D eigenvalue weighted by molar-refractivity contribution is -0.122. The molecule has 0 radical (unpaired) electrons. The third-order valence-electron chi connectivity index (χ3n) is 1.85. The monoisotopic (exact) mass is 204 g/mol. The summed E-state index contributed by atoms with van der Waals surface area (Å²) in [4.78, 5) is 8.36. The summed E-state index contributed by atoms with van der Waals surface area (Å²) in [5.41, 5.74) is 2.71. The molecule has 0 spiro atoms. The van der Waals surface area contributed by atoms with Crippen LogP contribution in [0.2, 0.25) is 0 Å². The van der Waals surface area contributed by atoms with E-state index in [-0.39, 0.29) is 6.47 Å². The zero-order chi connectivity index (χ0) is 11.5.